The summed E-state index contributed by atoms with van der Waals surface area (Å²) in [6, 6.07) is 15.8. The van der Waals surface area contributed by atoms with Gasteiger partial charge in [-0.2, -0.15) is 0 Å². The fourth-order valence-electron chi connectivity index (χ4n) is 2.92. The summed E-state index contributed by atoms with van der Waals surface area (Å²) in [7, 11) is 2.09. The highest BCUT2D eigenvalue weighted by Crippen LogP contribution is 2.25. The summed E-state index contributed by atoms with van der Waals surface area (Å²) in [5.41, 5.74) is 2.05. The number of hydrogen-bond donors (Lipinski definition) is 1. The van der Waals surface area contributed by atoms with Crippen molar-refractivity contribution in [3.05, 3.63) is 59.8 Å². The molecule has 2 amide bonds. The Labute approximate surface area is 136 Å². The Bertz CT molecular complexity index is 674. The molecule has 5 nitrogen and oxygen atoms in total. The fourth-order valence-corrected chi connectivity index (χ4v) is 2.92. The zero-order valence-electron chi connectivity index (χ0n) is 13.6. The van der Waals surface area contributed by atoms with Crippen LogP contribution in [0.4, 0.5) is 10.6 Å². The topological polar surface area (TPSA) is 48.5 Å². The molecular weight excluding hydrogens is 288 g/mol. The number of likely N-dealkylation sites (N-methyl/N-ethyl adjacent to an activating group) is 1. The molecule has 5 heteroatoms. The summed E-state index contributed by atoms with van der Waals surface area (Å²) in [5, 5.41) is 2.92. The van der Waals surface area contributed by atoms with Crippen LogP contribution in [0.15, 0.2) is 48.5 Å². The molecular formula is C18H22N4O. The van der Waals surface area contributed by atoms with Crippen molar-refractivity contribution in [2.75, 3.05) is 32.0 Å². The zero-order chi connectivity index (χ0) is 16.2. The summed E-state index contributed by atoms with van der Waals surface area (Å²) in [5.74, 6) is 0.598. The van der Waals surface area contributed by atoms with Gasteiger partial charge in [-0.25, -0.2) is 9.78 Å². The van der Waals surface area contributed by atoms with Crippen molar-refractivity contribution in [3.8, 4) is 0 Å². The third-order valence-corrected chi connectivity index (χ3v) is 4.15. The number of rotatable bonds is 2. The molecule has 0 spiro atoms. The number of aryl methyl sites for hydroxylation is 1. The number of amides is 2. The van der Waals surface area contributed by atoms with Crippen molar-refractivity contribution < 1.29 is 4.79 Å². The van der Waals surface area contributed by atoms with Gasteiger partial charge in [0.2, 0.25) is 0 Å². The van der Waals surface area contributed by atoms with Gasteiger partial charge in [-0.15, -0.1) is 0 Å². The highest BCUT2D eigenvalue weighted by Gasteiger charge is 2.30. The molecule has 1 saturated heterocycles. The molecule has 0 radical (unpaired) electrons. The number of nitrogens with zero attached hydrogens (tertiary/aromatic N) is 3. The van der Waals surface area contributed by atoms with Crippen LogP contribution in [0.25, 0.3) is 0 Å². The van der Waals surface area contributed by atoms with E-state index < -0.39 is 0 Å². The molecule has 0 saturated carbocycles. The summed E-state index contributed by atoms with van der Waals surface area (Å²) >= 11 is 0. The molecule has 0 unspecified atom stereocenters. The molecule has 1 aromatic heterocycles. The first-order valence-electron chi connectivity index (χ1n) is 7.88. The van der Waals surface area contributed by atoms with E-state index in [4.69, 9.17) is 0 Å². The van der Waals surface area contributed by atoms with Gasteiger partial charge in [-0.3, -0.25) is 5.32 Å². The van der Waals surface area contributed by atoms with E-state index in [1.165, 1.54) is 0 Å². The first kappa shape index (κ1) is 15.5. The van der Waals surface area contributed by atoms with E-state index in [2.05, 4.69) is 34.4 Å². The van der Waals surface area contributed by atoms with Gasteiger partial charge in [0.1, 0.15) is 5.82 Å². The van der Waals surface area contributed by atoms with Crippen molar-refractivity contribution >= 4 is 11.8 Å². The standard InChI is InChI=1S/C18H22N4O/c1-14-7-6-10-17(19-14)20-18(23)22-12-11-21(2)13-16(22)15-8-4-3-5-9-15/h3-10,16H,11-13H2,1-2H3,(H,19,20,23)/t16-/m0/s1. The Morgan fingerprint density at radius 1 is 1.13 bits per heavy atom. The second-order valence-electron chi connectivity index (χ2n) is 5.98. The lowest BCUT2D eigenvalue weighted by Gasteiger charge is -2.40. The number of piperazine rings is 1. The maximum Gasteiger partial charge on any atom is 0.323 e. The van der Waals surface area contributed by atoms with Gasteiger partial charge in [0.25, 0.3) is 0 Å². The number of nitrogens with one attached hydrogen (secondary N) is 1. The average Bonchev–Trinajstić information content (AvgIpc) is 2.55. The highest BCUT2D eigenvalue weighted by atomic mass is 16.2. The van der Waals surface area contributed by atoms with Gasteiger partial charge in [-0.05, 0) is 31.7 Å². The Hall–Kier alpha value is -2.40. The Morgan fingerprint density at radius 3 is 2.65 bits per heavy atom. The van der Waals surface area contributed by atoms with Crippen LogP contribution in [0.5, 0.6) is 0 Å². The van der Waals surface area contributed by atoms with Gasteiger partial charge in [0.15, 0.2) is 0 Å². The molecule has 1 aliphatic heterocycles. The third-order valence-electron chi connectivity index (χ3n) is 4.15. The molecule has 0 aliphatic carbocycles. The number of pyridine rings is 1. The molecule has 120 valence electrons. The smallest absolute Gasteiger partial charge is 0.315 e. The highest BCUT2D eigenvalue weighted by molar-refractivity contribution is 5.88. The monoisotopic (exact) mass is 310 g/mol. The number of anilines is 1. The molecule has 1 aromatic carbocycles. The number of hydrogen-bond acceptors (Lipinski definition) is 3. The van der Waals surface area contributed by atoms with Crippen molar-refractivity contribution in [2.45, 2.75) is 13.0 Å². The lowest BCUT2D eigenvalue weighted by molar-refractivity contribution is 0.116. The molecule has 1 atom stereocenters. The fraction of sp³-hybridized carbons (Fsp3) is 0.333. The number of aromatic nitrogens is 1. The maximum absolute atomic E-state index is 12.7. The van der Waals surface area contributed by atoms with Crippen LogP contribution in [0.2, 0.25) is 0 Å². The van der Waals surface area contributed by atoms with E-state index in [9.17, 15) is 4.79 Å². The average molecular weight is 310 g/mol. The minimum Gasteiger partial charge on any atom is -0.315 e. The summed E-state index contributed by atoms with van der Waals surface area (Å²) < 4.78 is 0. The van der Waals surface area contributed by atoms with E-state index >= 15 is 0 Å². The minimum absolute atomic E-state index is 0.0553. The van der Waals surface area contributed by atoms with Gasteiger partial charge in [-0.1, -0.05) is 36.4 Å². The molecule has 2 heterocycles. The van der Waals surface area contributed by atoms with Gasteiger partial charge >= 0.3 is 6.03 Å². The van der Waals surface area contributed by atoms with E-state index in [0.29, 0.717) is 12.4 Å². The Morgan fingerprint density at radius 2 is 1.91 bits per heavy atom. The number of carbonyl (C=O) groups is 1. The van der Waals surface area contributed by atoms with Crippen molar-refractivity contribution in [3.63, 3.8) is 0 Å². The number of benzene rings is 1. The van der Waals surface area contributed by atoms with E-state index in [-0.39, 0.29) is 12.1 Å². The van der Waals surface area contributed by atoms with Crippen LogP contribution >= 0.6 is 0 Å². The van der Waals surface area contributed by atoms with Crippen LogP contribution in [-0.4, -0.2) is 47.5 Å². The molecule has 23 heavy (non-hydrogen) atoms. The van der Waals surface area contributed by atoms with Crippen molar-refractivity contribution in [1.29, 1.82) is 0 Å². The molecule has 1 fully saturated rings. The Kier molecular flexibility index (Phi) is 4.57. The minimum atomic E-state index is -0.0925. The largest absolute Gasteiger partial charge is 0.323 e. The number of carbonyl (C=O) groups excluding carboxylic acids is 1. The second kappa shape index (κ2) is 6.79. The normalized spacial score (nSPS) is 18.7. The van der Waals surface area contributed by atoms with Crippen LogP contribution in [0.1, 0.15) is 17.3 Å². The van der Waals surface area contributed by atoms with E-state index in [1.807, 2.05) is 48.2 Å². The van der Waals surface area contributed by atoms with Crippen LogP contribution in [-0.2, 0) is 0 Å². The van der Waals surface area contributed by atoms with E-state index in [0.717, 1.165) is 24.3 Å². The van der Waals surface area contributed by atoms with Crippen LogP contribution in [0, 0.1) is 6.92 Å². The predicted octanol–water partition coefficient (Wildman–Crippen LogP) is 2.91. The first-order valence-corrected chi connectivity index (χ1v) is 7.88. The first-order chi connectivity index (χ1) is 11.1. The zero-order valence-corrected chi connectivity index (χ0v) is 13.6. The van der Waals surface area contributed by atoms with Crippen LogP contribution in [0.3, 0.4) is 0 Å². The molecule has 3 rings (SSSR count). The van der Waals surface area contributed by atoms with Gasteiger partial charge < -0.3 is 9.80 Å². The van der Waals surface area contributed by atoms with Gasteiger partial charge in [0, 0.05) is 25.3 Å². The summed E-state index contributed by atoms with van der Waals surface area (Å²) in [6.45, 7) is 4.32. The summed E-state index contributed by atoms with van der Waals surface area (Å²) in [6.07, 6.45) is 0. The molecule has 1 aliphatic rings. The molecule has 0 bridgehead atoms. The Balaban J connectivity index is 1.79. The quantitative estimate of drug-likeness (QED) is 0.928. The maximum atomic E-state index is 12.7. The lowest BCUT2D eigenvalue weighted by Crippen LogP contribution is -2.50. The lowest BCUT2D eigenvalue weighted by atomic mass is 10.0. The number of urea groups is 1. The SMILES string of the molecule is Cc1cccc(NC(=O)N2CCN(C)C[C@H]2c2ccccc2)n1. The molecule has 1 N–H and O–H groups in total. The third kappa shape index (κ3) is 3.68. The van der Waals surface area contributed by atoms with Crippen LogP contribution < -0.4 is 5.32 Å². The second-order valence-corrected chi connectivity index (χ2v) is 5.98. The van der Waals surface area contributed by atoms with Crippen molar-refractivity contribution in [2.24, 2.45) is 0 Å². The summed E-state index contributed by atoms with van der Waals surface area (Å²) in [4.78, 5) is 21.2. The van der Waals surface area contributed by atoms with Crippen molar-refractivity contribution in [1.82, 2.24) is 14.8 Å². The van der Waals surface area contributed by atoms with E-state index in [1.54, 1.807) is 0 Å². The molecule has 2 aromatic rings. The van der Waals surface area contributed by atoms with Gasteiger partial charge in [0.05, 0.1) is 6.04 Å². The predicted molar refractivity (Wildman–Crippen MR) is 91.4 cm³/mol.